The number of para-hydroxylation sites is 1. The highest BCUT2D eigenvalue weighted by Gasteiger charge is 2.18. The van der Waals surface area contributed by atoms with Crippen molar-refractivity contribution in [1.82, 2.24) is 4.57 Å². The van der Waals surface area contributed by atoms with Gasteiger partial charge in [-0.05, 0) is 38.5 Å². The molecule has 1 heterocycles. The Labute approximate surface area is 131 Å². The molecule has 110 valence electrons. The van der Waals surface area contributed by atoms with Crippen molar-refractivity contribution in [3.05, 3.63) is 77.6 Å². The van der Waals surface area contributed by atoms with E-state index in [1.165, 1.54) is 5.56 Å². The number of rotatable bonds is 3. The summed E-state index contributed by atoms with van der Waals surface area (Å²) in [5, 5.41) is 0. The van der Waals surface area contributed by atoms with Crippen molar-refractivity contribution in [2.24, 2.45) is 0 Å². The number of Topliss-reactive ketones (excluding diaryl/α,β-unsaturated/α-hetero) is 1. The minimum absolute atomic E-state index is 0.0998. The summed E-state index contributed by atoms with van der Waals surface area (Å²) in [5.74, 6) is 0.0998. The van der Waals surface area contributed by atoms with Gasteiger partial charge < -0.3 is 4.57 Å². The Bertz CT molecular complexity index is 811. The molecule has 0 unspecified atom stereocenters. The number of aryl methyl sites for hydroxylation is 1. The van der Waals surface area contributed by atoms with E-state index in [0.29, 0.717) is 0 Å². The first kappa shape index (κ1) is 14.3. The summed E-state index contributed by atoms with van der Waals surface area (Å²) in [6, 6.07) is 18.4. The molecule has 0 N–H and O–H groups in total. The lowest BCUT2D eigenvalue weighted by Gasteiger charge is -2.05. The molecule has 2 aromatic carbocycles. The third-order valence-corrected chi connectivity index (χ3v) is 4.00. The predicted octanol–water partition coefficient (Wildman–Crippen LogP) is 4.96. The lowest BCUT2D eigenvalue weighted by atomic mass is 10.00. The molecule has 3 aromatic rings. The van der Waals surface area contributed by atoms with Gasteiger partial charge in [-0.3, -0.25) is 4.79 Å². The summed E-state index contributed by atoms with van der Waals surface area (Å²) >= 11 is 0. The van der Waals surface area contributed by atoms with Crippen molar-refractivity contribution in [3.63, 3.8) is 0 Å². The van der Waals surface area contributed by atoms with Crippen molar-refractivity contribution >= 4 is 5.78 Å². The standard InChI is InChI=1S/C20H19NO/c1-14-9-11-17(12-10-14)19-13-21(15(2)20(19)16(3)22)18-7-5-4-6-8-18/h4-13H,1-3H3. The molecule has 22 heavy (non-hydrogen) atoms. The van der Waals surface area contributed by atoms with Gasteiger partial charge in [0.25, 0.3) is 0 Å². The SMILES string of the molecule is CC(=O)c1c(-c2ccc(C)cc2)cn(-c2ccccc2)c1C. The van der Waals surface area contributed by atoms with Crippen molar-refractivity contribution in [2.75, 3.05) is 0 Å². The Balaban J connectivity index is 2.22. The first-order valence-corrected chi connectivity index (χ1v) is 7.43. The van der Waals surface area contributed by atoms with E-state index in [1.807, 2.05) is 25.1 Å². The van der Waals surface area contributed by atoms with E-state index in [-0.39, 0.29) is 5.78 Å². The van der Waals surface area contributed by atoms with Gasteiger partial charge in [-0.25, -0.2) is 0 Å². The number of carbonyl (C=O) groups is 1. The van der Waals surface area contributed by atoms with Crippen LogP contribution < -0.4 is 0 Å². The van der Waals surface area contributed by atoms with Crippen molar-refractivity contribution < 1.29 is 4.79 Å². The highest BCUT2D eigenvalue weighted by Crippen LogP contribution is 2.30. The van der Waals surface area contributed by atoms with Crippen LogP contribution in [-0.4, -0.2) is 10.4 Å². The summed E-state index contributed by atoms with van der Waals surface area (Å²) in [6.45, 7) is 5.70. The van der Waals surface area contributed by atoms with Gasteiger partial charge in [0.15, 0.2) is 5.78 Å². The third-order valence-electron chi connectivity index (χ3n) is 4.00. The highest BCUT2D eigenvalue weighted by molar-refractivity contribution is 6.02. The van der Waals surface area contributed by atoms with E-state index in [2.05, 4.69) is 54.1 Å². The van der Waals surface area contributed by atoms with E-state index < -0.39 is 0 Å². The zero-order valence-electron chi connectivity index (χ0n) is 13.1. The molecule has 0 saturated carbocycles. The average molecular weight is 289 g/mol. The van der Waals surface area contributed by atoms with Crippen molar-refractivity contribution in [1.29, 1.82) is 0 Å². The number of hydrogen-bond acceptors (Lipinski definition) is 1. The molecule has 0 amide bonds. The summed E-state index contributed by atoms with van der Waals surface area (Å²) in [5.41, 5.74) is 6.14. The number of ketones is 1. The largest absolute Gasteiger partial charge is 0.320 e. The topological polar surface area (TPSA) is 22.0 Å². The quantitative estimate of drug-likeness (QED) is 0.624. The normalized spacial score (nSPS) is 10.7. The van der Waals surface area contributed by atoms with Gasteiger partial charge in [-0.1, -0.05) is 48.0 Å². The second kappa shape index (κ2) is 5.64. The molecule has 1 aromatic heterocycles. The molecule has 0 saturated heterocycles. The van der Waals surface area contributed by atoms with Gasteiger partial charge in [0, 0.05) is 28.7 Å². The Morgan fingerprint density at radius 1 is 0.909 bits per heavy atom. The zero-order valence-corrected chi connectivity index (χ0v) is 13.1. The van der Waals surface area contributed by atoms with Gasteiger partial charge in [0.05, 0.1) is 0 Å². The van der Waals surface area contributed by atoms with Gasteiger partial charge >= 0.3 is 0 Å². The minimum atomic E-state index is 0.0998. The predicted molar refractivity (Wildman–Crippen MR) is 90.7 cm³/mol. The van der Waals surface area contributed by atoms with Crippen LogP contribution in [0.4, 0.5) is 0 Å². The monoisotopic (exact) mass is 289 g/mol. The van der Waals surface area contributed by atoms with Crippen LogP contribution in [0.1, 0.15) is 28.5 Å². The molecule has 0 fully saturated rings. The molecule has 2 nitrogen and oxygen atoms in total. The van der Waals surface area contributed by atoms with Crippen LogP contribution in [0.5, 0.6) is 0 Å². The second-order valence-electron chi connectivity index (χ2n) is 5.63. The van der Waals surface area contributed by atoms with Gasteiger partial charge in [0.1, 0.15) is 0 Å². The van der Waals surface area contributed by atoms with Gasteiger partial charge in [-0.15, -0.1) is 0 Å². The Morgan fingerprint density at radius 3 is 2.14 bits per heavy atom. The molecular weight excluding hydrogens is 270 g/mol. The first-order valence-electron chi connectivity index (χ1n) is 7.43. The Hall–Kier alpha value is -2.61. The fourth-order valence-electron chi connectivity index (χ4n) is 2.86. The van der Waals surface area contributed by atoms with Crippen LogP contribution in [0.3, 0.4) is 0 Å². The maximum absolute atomic E-state index is 12.2. The molecule has 2 heteroatoms. The molecule has 0 radical (unpaired) electrons. The maximum Gasteiger partial charge on any atom is 0.162 e. The van der Waals surface area contributed by atoms with E-state index >= 15 is 0 Å². The van der Waals surface area contributed by atoms with Crippen molar-refractivity contribution in [3.8, 4) is 16.8 Å². The molecule has 0 aliphatic carbocycles. The van der Waals surface area contributed by atoms with E-state index in [4.69, 9.17) is 0 Å². The minimum Gasteiger partial charge on any atom is -0.320 e. The van der Waals surface area contributed by atoms with Gasteiger partial charge in [-0.2, -0.15) is 0 Å². The molecule has 0 aliphatic rings. The fourth-order valence-corrected chi connectivity index (χ4v) is 2.86. The van der Waals surface area contributed by atoms with Crippen LogP contribution in [0.25, 0.3) is 16.8 Å². The third kappa shape index (κ3) is 2.48. The summed E-state index contributed by atoms with van der Waals surface area (Å²) in [6.07, 6.45) is 2.06. The lowest BCUT2D eigenvalue weighted by Crippen LogP contribution is -1.99. The first-order chi connectivity index (χ1) is 10.6. The number of benzene rings is 2. The number of carbonyl (C=O) groups excluding carboxylic acids is 1. The Morgan fingerprint density at radius 2 is 1.55 bits per heavy atom. The molecule has 0 aliphatic heterocycles. The van der Waals surface area contributed by atoms with Crippen LogP contribution in [0, 0.1) is 13.8 Å². The lowest BCUT2D eigenvalue weighted by molar-refractivity contribution is 0.101. The maximum atomic E-state index is 12.2. The number of aromatic nitrogens is 1. The number of nitrogens with zero attached hydrogens (tertiary/aromatic N) is 1. The highest BCUT2D eigenvalue weighted by atomic mass is 16.1. The van der Waals surface area contributed by atoms with Crippen LogP contribution in [0.15, 0.2) is 60.8 Å². The van der Waals surface area contributed by atoms with Gasteiger partial charge in [0.2, 0.25) is 0 Å². The smallest absolute Gasteiger partial charge is 0.162 e. The molecular formula is C20H19NO. The summed E-state index contributed by atoms with van der Waals surface area (Å²) < 4.78 is 2.09. The van der Waals surface area contributed by atoms with E-state index in [1.54, 1.807) is 6.92 Å². The van der Waals surface area contributed by atoms with E-state index in [9.17, 15) is 4.79 Å². The fraction of sp³-hybridized carbons (Fsp3) is 0.150. The molecule has 0 bridgehead atoms. The van der Waals surface area contributed by atoms with Crippen molar-refractivity contribution in [2.45, 2.75) is 20.8 Å². The number of hydrogen-bond donors (Lipinski definition) is 0. The van der Waals surface area contributed by atoms with Crippen LogP contribution in [0.2, 0.25) is 0 Å². The second-order valence-corrected chi connectivity index (χ2v) is 5.63. The van der Waals surface area contributed by atoms with E-state index in [0.717, 1.165) is 28.1 Å². The Kier molecular flexibility index (Phi) is 3.68. The van der Waals surface area contributed by atoms with Crippen LogP contribution in [-0.2, 0) is 0 Å². The molecule has 0 atom stereocenters. The van der Waals surface area contributed by atoms with Crippen LogP contribution >= 0.6 is 0 Å². The average Bonchev–Trinajstić information content (AvgIpc) is 2.86. The summed E-state index contributed by atoms with van der Waals surface area (Å²) in [4.78, 5) is 12.2. The zero-order chi connectivity index (χ0) is 15.7. The summed E-state index contributed by atoms with van der Waals surface area (Å²) in [7, 11) is 0. The molecule has 3 rings (SSSR count). The molecule has 0 spiro atoms.